The second-order valence-corrected chi connectivity index (χ2v) is 5.44. The number of carbonyl (C=O) groups excluding carboxylic acids is 1. The molecule has 5 nitrogen and oxygen atoms in total. The number of aliphatic carboxylic acids is 1. The molecule has 0 aromatic heterocycles. The molecule has 1 atom stereocenters. The summed E-state index contributed by atoms with van der Waals surface area (Å²) in [6, 6.07) is 4.44. The van der Waals surface area contributed by atoms with E-state index in [0.717, 1.165) is 12.8 Å². The number of hydrogen-bond acceptors (Lipinski definition) is 3. The quantitative estimate of drug-likeness (QED) is 0.927. The Morgan fingerprint density at radius 2 is 2.19 bits per heavy atom. The lowest BCUT2D eigenvalue weighted by molar-refractivity contribution is -0.151. The summed E-state index contributed by atoms with van der Waals surface area (Å²) >= 11 is 6.12. The van der Waals surface area contributed by atoms with Crippen molar-refractivity contribution in [1.29, 1.82) is 0 Å². The summed E-state index contributed by atoms with van der Waals surface area (Å²) in [6.45, 7) is 0.475. The molecule has 1 amide bonds. The van der Waals surface area contributed by atoms with Crippen molar-refractivity contribution in [2.75, 3.05) is 13.7 Å². The number of carbonyl (C=O) groups is 2. The van der Waals surface area contributed by atoms with Crippen LogP contribution in [0.3, 0.4) is 0 Å². The van der Waals surface area contributed by atoms with Gasteiger partial charge in [-0.2, -0.15) is 0 Å². The van der Waals surface area contributed by atoms with Gasteiger partial charge >= 0.3 is 5.97 Å². The zero-order valence-corrected chi connectivity index (χ0v) is 12.6. The van der Waals surface area contributed by atoms with E-state index in [0.29, 0.717) is 29.3 Å². The Balaban J connectivity index is 2.19. The van der Waals surface area contributed by atoms with Crippen LogP contribution in [0.15, 0.2) is 18.2 Å². The Hall–Kier alpha value is -1.75. The van der Waals surface area contributed by atoms with Gasteiger partial charge in [-0.1, -0.05) is 17.7 Å². The average Bonchev–Trinajstić information content (AvgIpc) is 2.49. The highest BCUT2D eigenvalue weighted by Crippen LogP contribution is 2.28. The Bertz CT molecular complexity index is 546. The topological polar surface area (TPSA) is 66.8 Å². The van der Waals surface area contributed by atoms with E-state index >= 15 is 0 Å². The molecule has 0 aliphatic carbocycles. The zero-order chi connectivity index (χ0) is 15.4. The molecule has 1 heterocycles. The first-order valence-electron chi connectivity index (χ1n) is 6.88. The number of halogens is 1. The fraction of sp³-hybridized carbons (Fsp3) is 0.467. The molecule has 1 aromatic carbocycles. The van der Waals surface area contributed by atoms with Crippen LogP contribution in [0, 0.1) is 0 Å². The molecule has 2 rings (SSSR count). The standard InChI is InChI=1S/C15H18ClNO4/c1-21-13-7-4-5-11(16)10(13)9-14(18)17-8-3-2-6-12(17)15(19)20/h4-5,7,12H,2-3,6,8-9H2,1H3,(H,19,20). The molecule has 1 fully saturated rings. The number of ether oxygens (including phenoxy) is 1. The predicted molar refractivity (Wildman–Crippen MR) is 78.7 cm³/mol. The van der Waals surface area contributed by atoms with Crippen molar-refractivity contribution in [3.05, 3.63) is 28.8 Å². The SMILES string of the molecule is COc1cccc(Cl)c1CC(=O)N1CCCCC1C(=O)O. The molecule has 6 heteroatoms. The molecule has 1 aliphatic heterocycles. The smallest absolute Gasteiger partial charge is 0.326 e. The first kappa shape index (κ1) is 15.6. The highest BCUT2D eigenvalue weighted by atomic mass is 35.5. The lowest BCUT2D eigenvalue weighted by atomic mass is 10.0. The van der Waals surface area contributed by atoms with Gasteiger partial charge in [0.25, 0.3) is 0 Å². The van der Waals surface area contributed by atoms with Gasteiger partial charge in [-0.15, -0.1) is 0 Å². The summed E-state index contributed by atoms with van der Waals surface area (Å²) in [5.74, 6) is -0.637. The van der Waals surface area contributed by atoms with Crippen LogP contribution in [0.4, 0.5) is 0 Å². The van der Waals surface area contributed by atoms with Crippen LogP contribution in [0.5, 0.6) is 5.75 Å². The summed E-state index contributed by atoms with van der Waals surface area (Å²) in [6.07, 6.45) is 2.21. The van der Waals surface area contributed by atoms with Gasteiger partial charge in [-0.25, -0.2) is 4.79 Å². The van der Waals surface area contributed by atoms with Crippen LogP contribution < -0.4 is 4.74 Å². The number of likely N-dealkylation sites (tertiary alicyclic amines) is 1. The van der Waals surface area contributed by atoms with Crippen molar-refractivity contribution in [1.82, 2.24) is 4.90 Å². The Labute approximate surface area is 128 Å². The second-order valence-electron chi connectivity index (χ2n) is 5.03. The fourth-order valence-corrected chi connectivity index (χ4v) is 2.87. The molecule has 1 aromatic rings. The van der Waals surface area contributed by atoms with Crippen molar-refractivity contribution >= 4 is 23.5 Å². The van der Waals surface area contributed by atoms with Crippen LogP contribution in [-0.2, 0) is 16.0 Å². The molecule has 0 spiro atoms. The van der Waals surface area contributed by atoms with Crippen molar-refractivity contribution in [3.8, 4) is 5.75 Å². The van der Waals surface area contributed by atoms with E-state index in [2.05, 4.69) is 0 Å². The second kappa shape index (κ2) is 6.80. The molecule has 1 aliphatic rings. The first-order valence-corrected chi connectivity index (χ1v) is 7.26. The third-order valence-corrected chi connectivity index (χ3v) is 4.09. The van der Waals surface area contributed by atoms with E-state index < -0.39 is 12.0 Å². The van der Waals surface area contributed by atoms with Gasteiger partial charge in [0.1, 0.15) is 11.8 Å². The molecular weight excluding hydrogens is 294 g/mol. The highest BCUT2D eigenvalue weighted by molar-refractivity contribution is 6.31. The van der Waals surface area contributed by atoms with Crippen LogP contribution in [0.1, 0.15) is 24.8 Å². The van der Waals surface area contributed by atoms with Crippen LogP contribution in [0.2, 0.25) is 5.02 Å². The summed E-state index contributed by atoms with van der Waals surface area (Å²) in [5, 5.41) is 9.68. The lowest BCUT2D eigenvalue weighted by Crippen LogP contribution is -2.48. The summed E-state index contributed by atoms with van der Waals surface area (Å²) < 4.78 is 5.22. The van der Waals surface area contributed by atoms with Gasteiger partial charge < -0.3 is 14.7 Å². The monoisotopic (exact) mass is 311 g/mol. The van der Waals surface area contributed by atoms with E-state index in [1.807, 2.05) is 0 Å². The molecule has 0 radical (unpaired) electrons. The van der Waals surface area contributed by atoms with E-state index in [-0.39, 0.29) is 12.3 Å². The molecule has 0 saturated carbocycles. The van der Waals surface area contributed by atoms with Gasteiger partial charge in [0, 0.05) is 17.1 Å². The maximum absolute atomic E-state index is 12.5. The summed E-state index contributed by atoms with van der Waals surface area (Å²) in [5.41, 5.74) is 0.598. The molecule has 0 bridgehead atoms. The number of carboxylic acids is 1. The third kappa shape index (κ3) is 3.47. The number of piperidine rings is 1. The minimum Gasteiger partial charge on any atom is -0.496 e. The Kier molecular flexibility index (Phi) is 5.07. The van der Waals surface area contributed by atoms with Crippen LogP contribution in [0.25, 0.3) is 0 Å². The third-order valence-electron chi connectivity index (χ3n) is 3.73. The first-order chi connectivity index (χ1) is 10.0. The van der Waals surface area contributed by atoms with Crippen LogP contribution in [-0.4, -0.2) is 41.6 Å². The van der Waals surface area contributed by atoms with Crippen molar-refractivity contribution in [2.45, 2.75) is 31.7 Å². The number of amides is 1. The van der Waals surface area contributed by atoms with E-state index in [1.165, 1.54) is 12.0 Å². The number of rotatable bonds is 4. The molecule has 1 unspecified atom stereocenters. The van der Waals surface area contributed by atoms with Gasteiger partial charge in [0.15, 0.2) is 0 Å². The normalized spacial score (nSPS) is 18.4. The Morgan fingerprint density at radius 1 is 1.43 bits per heavy atom. The average molecular weight is 312 g/mol. The summed E-state index contributed by atoms with van der Waals surface area (Å²) in [7, 11) is 1.51. The highest BCUT2D eigenvalue weighted by Gasteiger charge is 2.32. The molecule has 1 N–H and O–H groups in total. The number of carboxylic acid groups (broad SMARTS) is 1. The number of benzene rings is 1. The van der Waals surface area contributed by atoms with Gasteiger partial charge in [0.05, 0.1) is 13.5 Å². The maximum Gasteiger partial charge on any atom is 0.326 e. The zero-order valence-electron chi connectivity index (χ0n) is 11.8. The van der Waals surface area contributed by atoms with Gasteiger partial charge in [0.2, 0.25) is 5.91 Å². The van der Waals surface area contributed by atoms with Crippen LogP contribution >= 0.6 is 11.6 Å². The minimum absolute atomic E-state index is 0.0482. The van der Waals surface area contributed by atoms with E-state index in [1.54, 1.807) is 18.2 Å². The Morgan fingerprint density at radius 3 is 2.86 bits per heavy atom. The van der Waals surface area contributed by atoms with Crippen molar-refractivity contribution in [2.24, 2.45) is 0 Å². The van der Waals surface area contributed by atoms with E-state index in [9.17, 15) is 14.7 Å². The molecule has 114 valence electrons. The molecule has 1 saturated heterocycles. The largest absolute Gasteiger partial charge is 0.496 e. The number of hydrogen-bond donors (Lipinski definition) is 1. The lowest BCUT2D eigenvalue weighted by Gasteiger charge is -2.33. The predicted octanol–water partition coefficient (Wildman–Crippen LogP) is 2.36. The van der Waals surface area contributed by atoms with Gasteiger partial charge in [-0.05, 0) is 31.4 Å². The number of nitrogens with zero attached hydrogens (tertiary/aromatic N) is 1. The van der Waals surface area contributed by atoms with Gasteiger partial charge in [-0.3, -0.25) is 4.79 Å². The number of methoxy groups -OCH3 is 1. The maximum atomic E-state index is 12.5. The fourth-order valence-electron chi connectivity index (χ4n) is 2.64. The summed E-state index contributed by atoms with van der Waals surface area (Å²) in [4.78, 5) is 25.2. The van der Waals surface area contributed by atoms with Crippen molar-refractivity contribution in [3.63, 3.8) is 0 Å². The van der Waals surface area contributed by atoms with Crippen molar-refractivity contribution < 1.29 is 19.4 Å². The van der Waals surface area contributed by atoms with E-state index in [4.69, 9.17) is 16.3 Å². The minimum atomic E-state index is -0.950. The molecular formula is C15H18ClNO4. The molecule has 21 heavy (non-hydrogen) atoms.